The Kier molecular flexibility index (Phi) is 7.18. The minimum absolute atomic E-state index is 0.174. The van der Waals surface area contributed by atoms with Gasteiger partial charge in [0.15, 0.2) is 0 Å². The number of unbranched alkanes of at least 4 members (excludes halogenated alkanes) is 1. The van der Waals surface area contributed by atoms with Crippen LogP contribution in [0.5, 0.6) is 5.75 Å². The summed E-state index contributed by atoms with van der Waals surface area (Å²) in [7, 11) is 0. The lowest BCUT2D eigenvalue weighted by Crippen LogP contribution is -2.21. The van der Waals surface area contributed by atoms with Crippen molar-refractivity contribution in [3.05, 3.63) is 24.0 Å². The molecule has 0 amide bonds. The number of hydrogen-bond donors (Lipinski definition) is 1. The van der Waals surface area contributed by atoms with Gasteiger partial charge in [0, 0.05) is 18.2 Å². The van der Waals surface area contributed by atoms with Crippen LogP contribution in [0.25, 0.3) is 0 Å². The Hall–Kier alpha value is -1.60. The summed E-state index contributed by atoms with van der Waals surface area (Å²) in [6.07, 6.45) is 6.37. The molecular weight excluding hydrogens is 262 g/mol. The van der Waals surface area contributed by atoms with Crippen LogP contribution in [0.3, 0.4) is 0 Å². The van der Waals surface area contributed by atoms with E-state index in [9.17, 15) is 0 Å². The molecule has 4 nitrogen and oxygen atoms in total. The third kappa shape index (κ3) is 7.10. The SMILES string of the molecule is CCC(N)Cc1ccc(OCCCCC(C)(C)C#N)cn1. The molecular formula is C17H27N3O. The molecule has 1 unspecified atom stereocenters. The van der Waals surface area contributed by atoms with Gasteiger partial charge in [0.05, 0.1) is 24.3 Å². The first-order chi connectivity index (χ1) is 9.96. The maximum atomic E-state index is 8.94. The van der Waals surface area contributed by atoms with Gasteiger partial charge in [-0.25, -0.2) is 0 Å². The molecule has 0 bridgehead atoms. The van der Waals surface area contributed by atoms with Crippen molar-refractivity contribution >= 4 is 0 Å². The van der Waals surface area contributed by atoms with E-state index in [-0.39, 0.29) is 11.5 Å². The number of nitrogens with two attached hydrogens (primary N) is 1. The van der Waals surface area contributed by atoms with Gasteiger partial charge in [0.25, 0.3) is 0 Å². The summed E-state index contributed by atoms with van der Waals surface area (Å²) in [5.41, 5.74) is 6.68. The summed E-state index contributed by atoms with van der Waals surface area (Å²) in [5, 5.41) is 8.94. The van der Waals surface area contributed by atoms with Crippen LogP contribution >= 0.6 is 0 Å². The maximum Gasteiger partial charge on any atom is 0.137 e. The van der Waals surface area contributed by atoms with Gasteiger partial charge in [-0.3, -0.25) is 4.98 Å². The number of pyridine rings is 1. The van der Waals surface area contributed by atoms with Crippen molar-refractivity contribution in [3.8, 4) is 11.8 Å². The zero-order chi connectivity index (χ0) is 15.7. The zero-order valence-corrected chi connectivity index (χ0v) is 13.4. The normalized spacial score (nSPS) is 12.7. The fraction of sp³-hybridized carbons (Fsp3) is 0.647. The second kappa shape index (κ2) is 8.63. The molecule has 0 fully saturated rings. The minimum Gasteiger partial charge on any atom is -0.492 e. The zero-order valence-electron chi connectivity index (χ0n) is 13.4. The number of nitriles is 1. The van der Waals surface area contributed by atoms with Crippen LogP contribution in [0.15, 0.2) is 18.3 Å². The van der Waals surface area contributed by atoms with Gasteiger partial charge in [-0.2, -0.15) is 5.26 Å². The number of hydrogen-bond acceptors (Lipinski definition) is 4. The fourth-order valence-corrected chi connectivity index (χ4v) is 1.94. The first-order valence-corrected chi connectivity index (χ1v) is 7.71. The average Bonchev–Trinajstić information content (AvgIpc) is 2.48. The van der Waals surface area contributed by atoms with Gasteiger partial charge in [-0.15, -0.1) is 0 Å². The van der Waals surface area contributed by atoms with Crippen molar-refractivity contribution in [2.45, 2.75) is 58.9 Å². The van der Waals surface area contributed by atoms with Crippen molar-refractivity contribution in [3.63, 3.8) is 0 Å². The molecule has 4 heteroatoms. The Bertz CT molecular complexity index is 448. The Balaban J connectivity index is 2.26. The van der Waals surface area contributed by atoms with E-state index >= 15 is 0 Å². The van der Waals surface area contributed by atoms with Gasteiger partial charge < -0.3 is 10.5 Å². The van der Waals surface area contributed by atoms with E-state index in [0.717, 1.165) is 43.5 Å². The third-order valence-corrected chi connectivity index (χ3v) is 3.56. The Morgan fingerprint density at radius 2 is 2.14 bits per heavy atom. The molecule has 1 rings (SSSR count). The summed E-state index contributed by atoms with van der Waals surface area (Å²) in [6.45, 7) is 6.68. The highest BCUT2D eigenvalue weighted by Gasteiger charge is 2.15. The third-order valence-electron chi connectivity index (χ3n) is 3.56. The molecule has 0 saturated carbocycles. The van der Waals surface area contributed by atoms with Crippen LogP contribution in [-0.2, 0) is 6.42 Å². The minimum atomic E-state index is -0.235. The van der Waals surface area contributed by atoms with E-state index in [1.54, 1.807) is 6.20 Å². The number of nitrogens with zero attached hydrogens (tertiary/aromatic N) is 2. The van der Waals surface area contributed by atoms with Crippen molar-refractivity contribution < 1.29 is 4.74 Å². The number of ether oxygens (including phenoxy) is 1. The standard InChI is InChI=1S/C17H27N3O/c1-4-14(19)11-15-7-8-16(12-20-15)21-10-6-5-9-17(2,3)13-18/h7-8,12,14H,4-6,9-11,19H2,1-3H3. The molecule has 1 heterocycles. The van der Waals surface area contributed by atoms with E-state index in [2.05, 4.69) is 18.0 Å². The summed E-state index contributed by atoms with van der Waals surface area (Å²) < 4.78 is 5.66. The molecule has 1 atom stereocenters. The summed E-state index contributed by atoms with van der Waals surface area (Å²) in [4.78, 5) is 4.37. The van der Waals surface area contributed by atoms with Gasteiger partial charge >= 0.3 is 0 Å². The Morgan fingerprint density at radius 1 is 1.38 bits per heavy atom. The topological polar surface area (TPSA) is 71.9 Å². The van der Waals surface area contributed by atoms with Crippen LogP contribution in [0, 0.1) is 16.7 Å². The second-order valence-electron chi connectivity index (χ2n) is 6.16. The smallest absolute Gasteiger partial charge is 0.137 e. The Labute approximate surface area is 128 Å². The monoisotopic (exact) mass is 289 g/mol. The molecule has 1 aromatic heterocycles. The first kappa shape index (κ1) is 17.5. The quantitative estimate of drug-likeness (QED) is 0.707. The van der Waals surface area contributed by atoms with E-state index in [0.29, 0.717) is 6.61 Å². The molecule has 2 N–H and O–H groups in total. The highest BCUT2D eigenvalue weighted by molar-refractivity contribution is 5.20. The predicted molar refractivity (Wildman–Crippen MR) is 84.9 cm³/mol. The number of rotatable bonds is 9. The van der Waals surface area contributed by atoms with Gasteiger partial charge in [-0.1, -0.05) is 6.92 Å². The van der Waals surface area contributed by atoms with Gasteiger partial charge in [-0.05, 0) is 51.7 Å². The molecule has 21 heavy (non-hydrogen) atoms. The van der Waals surface area contributed by atoms with E-state index in [4.69, 9.17) is 15.7 Å². The number of aromatic nitrogens is 1. The van der Waals surface area contributed by atoms with Crippen LogP contribution in [0.4, 0.5) is 0 Å². The summed E-state index contributed by atoms with van der Waals surface area (Å²) in [6, 6.07) is 6.41. The predicted octanol–water partition coefficient (Wildman–Crippen LogP) is 3.46. The lowest BCUT2D eigenvalue weighted by Gasteiger charge is -2.14. The maximum absolute atomic E-state index is 8.94. The molecule has 0 aliphatic heterocycles. The molecule has 0 aliphatic carbocycles. The lowest BCUT2D eigenvalue weighted by molar-refractivity contribution is 0.294. The molecule has 116 valence electrons. The molecule has 0 saturated heterocycles. The molecule has 0 radical (unpaired) electrons. The van der Waals surface area contributed by atoms with Gasteiger partial charge in [0.2, 0.25) is 0 Å². The van der Waals surface area contributed by atoms with Crippen LogP contribution in [-0.4, -0.2) is 17.6 Å². The van der Waals surface area contributed by atoms with Crippen molar-refractivity contribution in [2.24, 2.45) is 11.1 Å². The average molecular weight is 289 g/mol. The van der Waals surface area contributed by atoms with E-state index in [1.807, 2.05) is 26.0 Å². The molecule has 0 aliphatic rings. The highest BCUT2D eigenvalue weighted by atomic mass is 16.5. The largest absolute Gasteiger partial charge is 0.492 e. The molecule has 1 aromatic rings. The molecule has 0 spiro atoms. The van der Waals surface area contributed by atoms with Crippen molar-refractivity contribution in [1.82, 2.24) is 4.98 Å². The van der Waals surface area contributed by atoms with Crippen LogP contribution in [0.2, 0.25) is 0 Å². The highest BCUT2D eigenvalue weighted by Crippen LogP contribution is 2.21. The summed E-state index contributed by atoms with van der Waals surface area (Å²) in [5.74, 6) is 0.795. The van der Waals surface area contributed by atoms with E-state index in [1.165, 1.54) is 0 Å². The fourth-order valence-electron chi connectivity index (χ4n) is 1.94. The van der Waals surface area contributed by atoms with Crippen molar-refractivity contribution in [1.29, 1.82) is 5.26 Å². The first-order valence-electron chi connectivity index (χ1n) is 7.71. The molecule has 0 aromatic carbocycles. The lowest BCUT2D eigenvalue weighted by atomic mass is 9.89. The second-order valence-corrected chi connectivity index (χ2v) is 6.16. The Morgan fingerprint density at radius 3 is 2.71 bits per heavy atom. The summed E-state index contributed by atoms with van der Waals surface area (Å²) >= 11 is 0. The van der Waals surface area contributed by atoms with Crippen molar-refractivity contribution in [2.75, 3.05) is 6.61 Å². The van der Waals surface area contributed by atoms with Gasteiger partial charge in [0.1, 0.15) is 5.75 Å². The van der Waals surface area contributed by atoms with E-state index < -0.39 is 0 Å². The van der Waals surface area contributed by atoms with Crippen LogP contribution in [0.1, 0.15) is 52.1 Å². The van der Waals surface area contributed by atoms with Crippen LogP contribution < -0.4 is 10.5 Å².